The van der Waals surface area contributed by atoms with Gasteiger partial charge in [0, 0.05) is 29.8 Å². The molecule has 0 aliphatic carbocycles. The van der Waals surface area contributed by atoms with Gasteiger partial charge in [0.25, 0.3) is 0 Å². The number of hydrogen-bond acceptors (Lipinski definition) is 3. The van der Waals surface area contributed by atoms with E-state index >= 15 is 0 Å². The van der Waals surface area contributed by atoms with Crippen molar-refractivity contribution in [3.63, 3.8) is 0 Å². The molecule has 0 unspecified atom stereocenters. The standard InChI is InChI=1S/C14H13BrN2O/c1-17(14-5-2-11(15)9-16-14)12-3-4-13-10(8-12)6-7-18-13/h2-5,8-9H,6-7H2,1H3. The topological polar surface area (TPSA) is 25.4 Å². The van der Waals surface area contributed by atoms with Gasteiger partial charge in [-0.15, -0.1) is 0 Å². The molecule has 0 spiro atoms. The first-order chi connectivity index (χ1) is 8.74. The Morgan fingerprint density at radius 2 is 2.17 bits per heavy atom. The van der Waals surface area contributed by atoms with Crippen LogP contribution < -0.4 is 9.64 Å². The number of pyridine rings is 1. The van der Waals surface area contributed by atoms with E-state index in [9.17, 15) is 0 Å². The number of aromatic nitrogens is 1. The molecule has 1 aromatic heterocycles. The number of fused-ring (bicyclic) bond motifs is 1. The molecule has 92 valence electrons. The van der Waals surface area contributed by atoms with Crippen LogP contribution in [0.25, 0.3) is 0 Å². The van der Waals surface area contributed by atoms with Crippen molar-refractivity contribution >= 4 is 27.4 Å². The normalized spacial score (nSPS) is 13.0. The molecule has 0 saturated carbocycles. The number of hydrogen-bond donors (Lipinski definition) is 0. The average molecular weight is 305 g/mol. The fourth-order valence-corrected chi connectivity index (χ4v) is 2.31. The molecule has 18 heavy (non-hydrogen) atoms. The lowest BCUT2D eigenvalue weighted by molar-refractivity contribution is 0.357. The molecule has 0 radical (unpaired) electrons. The van der Waals surface area contributed by atoms with Crippen LogP contribution in [0.4, 0.5) is 11.5 Å². The highest BCUT2D eigenvalue weighted by Crippen LogP contribution is 2.31. The monoisotopic (exact) mass is 304 g/mol. The van der Waals surface area contributed by atoms with E-state index in [0.29, 0.717) is 0 Å². The van der Waals surface area contributed by atoms with E-state index in [0.717, 1.165) is 34.8 Å². The van der Waals surface area contributed by atoms with Gasteiger partial charge in [0.15, 0.2) is 0 Å². The summed E-state index contributed by atoms with van der Waals surface area (Å²) in [5.74, 6) is 1.94. The van der Waals surface area contributed by atoms with E-state index in [1.807, 2.05) is 31.4 Å². The summed E-state index contributed by atoms with van der Waals surface area (Å²) in [6.45, 7) is 0.791. The molecular formula is C14H13BrN2O. The number of ether oxygens (including phenoxy) is 1. The summed E-state index contributed by atoms with van der Waals surface area (Å²) in [6.07, 6.45) is 2.80. The van der Waals surface area contributed by atoms with Crippen LogP contribution in [0.2, 0.25) is 0 Å². The molecule has 0 amide bonds. The Labute approximate surface area is 115 Å². The van der Waals surface area contributed by atoms with E-state index < -0.39 is 0 Å². The van der Waals surface area contributed by atoms with Crippen molar-refractivity contribution in [3.8, 4) is 5.75 Å². The zero-order valence-corrected chi connectivity index (χ0v) is 11.6. The molecule has 2 aromatic rings. The molecule has 1 aliphatic heterocycles. The Kier molecular flexibility index (Phi) is 2.96. The maximum Gasteiger partial charge on any atom is 0.132 e. The summed E-state index contributed by atoms with van der Waals surface area (Å²) in [7, 11) is 2.02. The first-order valence-electron chi connectivity index (χ1n) is 5.85. The lowest BCUT2D eigenvalue weighted by Gasteiger charge is -2.18. The maximum absolute atomic E-state index is 5.51. The van der Waals surface area contributed by atoms with Crippen LogP contribution in [0, 0.1) is 0 Å². The minimum Gasteiger partial charge on any atom is -0.493 e. The van der Waals surface area contributed by atoms with Crippen LogP contribution >= 0.6 is 15.9 Å². The Hall–Kier alpha value is -1.55. The smallest absolute Gasteiger partial charge is 0.132 e. The summed E-state index contributed by atoms with van der Waals surface area (Å²) in [6, 6.07) is 10.3. The van der Waals surface area contributed by atoms with Gasteiger partial charge in [-0.25, -0.2) is 4.98 Å². The van der Waals surface area contributed by atoms with Crippen molar-refractivity contribution in [2.24, 2.45) is 0 Å². The number of anilines is 2. The molecule has 4 heteroatoms. The van der Waals surface area contributed by atoms with Crippen LogP contribution in [0.5, 0.6) is 5.75 Å². The highest BCUT2D eigenvalue weighted by Gasteiger charge is 2.14. The second-order valence-electron chi connectivity index (χ2n) is 4.28. The van der Waals surface area contributed by atoms with Gasteiger partial charge in [-0.1, -0.05) is 0 Å². The largest absolute Gasteiger partial charge is 0.493 e. The molecule has 0 saturated heterocycles. The molecule has 0 fully saturated rings. The molecule has 3 nitrogen and oxygen atoms in total. The third-order valence-electron chi connectivity index (χ3n) is 3.12. The highest BCUT2D eigenvalue weighted by molar-refractivity contribution is 9.10. The molecule has 0 atom stereocenters. The Balaban J connectivity index is 1.92. The first kappa shape index (κ1) is 11.5. The molecule has 1 aromatic carbocycles. The van der Waals surface area contributed by atoms with E-state index in [1.165, 1.54) is 5.56 Å². The minimum atomic E-state index is 0.791. The van der Waals surface area contributed by atoms with Crippen molar-refractivity contribution < 1.29 is 4.74 Å². The van der Waals surface area contributed by atoms with E-state index in [-0.39, 0.29) is 0 Å². The second-order valence-corrected chi connectivity index (χ2v) is 5.20. The SMILES string of the molecule is CN(c1ccc2c(c1)CCO2)c1ccc(Br)cn1. The molecule has 3 rings (SSSR count). The Morgan fingerprint density at radius 3 is 2.94 bits per heavy atom. The van der Waals surface area contributed by atoms with Gasteiger partial charge in [0.1, 0.15) is 11.6 Å². The van der Waals surface area contributed by atoms with Crippen LogP contribution in [0.1, 0.15) is 5.56 Å². The second kappa shape index (κ2) is 4.61. The summed E-state index contributed by atoms with van der Waals surface area (Å²) in [4.78, 5) is 6.47. The van der Waals surface area contributed by atoms with Crippen molar-refractivity contribution in [2.75, 3.05) is 18.6 Å². The predicted octanol–water partition coefficient (Wildman–Crippen LogP) is 3.55. The summed E-state index contributed by atoms with van der Waals surface area (Å²) < 4.78 is 6.50. The van der Waals surface area contributed by atoms with Gasteiger partial charge >= 0.3 is 0 Å². The predicted molar refractivity (Wildman–Crippen MR) is 75.6 cm³/mol. The highest BCUT2D eigenvalue weighted by atomic mass is 79.9. The van der Waals surface area contributed by atoms with E-state index in [1.54, 1.807) is 0 Å². The third-order valence-corrected chi connectivity index (χ3v) is 3.58. The van der Waals surface area contributed by atoms with Crippen LogP contribution in [0.15, 0.2) is 41.0 Å². The lowest BCUT2D eigenvalue weighted by atomic mass is 10.1. The fourth-order valence-electron chi connectivity index (χ4n) is 2.08. The molecule has 2 heterocycles. The van der Waals surface area contributed by atoms with E-state index in [2.05, 4.69) is 37.9 Å². The number of nitrogens with zero attached hydrogens (tertiary/aromatic N) is 2. The summed E-state index contributed by atoms with van der Waals surface area (Å²) in [5, 5.41) is 0. The average Bonchev–Trinajstić information content (AvgIpc) is 2.86. The Morgan fingerprint density at radius 1 is 1.28 bits per heavy atom. The van der Waals surface area contributed by atoms with Crippen molar-refractivity contribution in [1.82, 2.24) is 4.98 Å². The van der Waals surface area contributed by atoms with Crippen molar-refractivity contribution in [2.45, 2.75) is 6.42 Å². The van der Waals surface area contributed by atoms with Gasteiger partial charge in [-0.05, 0) is 51.8 Å². The van der Waals surface area contributed by atoms with Gasteiger partial charge in [-0.2, -0.15) is 0 Å². The van der Waals surface area contributed by atoms with Gasteiger partial charge in [0.05, 0.1) is 6.61 Å². The zero-order valence-electron chi connectivity index (χ0n) is 10.1. The van der Waals surface area contributed by atoms with Crippen molar-refractivity contribution in [1.29, 1.82) is 0 Å². The van der Waals surface area contributed by atoms with Gasteiger partial charge < -0.3 is 9.64 Å². The van der Waals surface area contributed by atoms with Crippen LogP contribution in [-0.4, -0.2) is 18.6 Å². The number of rotatable bonds is 2. The molecule has 1 aliphatic rings. The first-order valence-corrected chi connectivity index (χ1v) is 6.64. The van der Waals surface area contributed by atoms with Gasteiger partial charge in [-0.3, -0.25) is 0 Å². The maximum atomic E-state index is 5.51. The quantitative estimate of drug-likeness (QED) is 0.848. The Bertz CT molecular complexity index is 569. The van der Waals surface area contributed by atoms with Gasteiger partial charge in [0.2, 0.25) is 0 Å². The number of benzene rings is 1. The zero-order chi connectivity index (χ0) is 12.5. The third kappa shape index (κ3) is 2.08. The van der Waals surface area contributed by atoms with Crippen LogP contribution in [-0.2, 0) is 6.42 Å². The van der Waals surface area contributed by atoms with E-state index in [4.69, 9.17) is 4.74 Å². The molecular weight excluding hydrogens is 292 g/mol. The minimum absolute atomic E-state index is 0.791. The summed E-state index contributed by atoms with van der Waals surface area (Å²) >= 11 is 3.39. The molecule has 0 bridgehead atoms. The fraction of sp³-hybridized carbons (Fsp3) is 0.214. The summed E-state index contributed by atoms with van der Waals surface area (Å²) in [5.41, 5.74) is 2.41. The van der Waals surface area contributed by atoms with Crippen LogP contribution in [0.3, 0.4) is 0 Å². The molecule has 0 N–H and O–H groups in total. The van der Waals surface area contributed by atoms with Crippen molar-refractivity contribution in [3.05, 3.63) is 46.6 Å². The number of halogens is 1. The lowest BCUT2D eigenvalue weighted by Crippen LogP contribution is -2.10.